The molecule has 2 heterocycles. The third-order valence-corrected chi connectivity index (χ3v) is 4.12. The molecule has 1 saturated heterocycles. The van der Waals surface area contributed by atoms with Gasteiger partial charge in [-0.3, -0.25) is 25.0 Å². The first kappa shape index (κ1) is 16.3. The molecule has 3 rings (SSSR count). The van der Waals surface area contributed by atoms with E-state index in [2.05, 4.69) is 15.0 Å². The molecule has 2 aromatic rings. The summed E-state index contributed by atoms with van der Waals surface area (Å²) in [4.78, 5) is 17.2. The predicted octanol–water partition coefficient (Wildman–Crippen LogP) is 1.09. The lowest BCUT2D eigenvalue weighted by Crippen LogP contribution is -2.45. The highest BCUT2D eigenvalue weighted by Crippen LogP contribution is 2.25. The summed E-state index contributed by atoms with van der Waals surface area (Å²) in [5.74, 6) is 0. The molecular formula is C16H19N5O3. The Hall–Kier alpha value is -2.58. The number of nitrogens with zero attached hydrogens (tertiary/aromatic N) is 5. The van der Waals surface area contributed by atoms with Gasteiger partial charge in [0.25, 0.3) is 5.69 Å². The highest BCUT2D eigenvalue weighted by molar-refractivity contribution is 6.01. The summed E-state index contributed by atoms with van der Waals surface area (Å²) < 4.78 is 0. The molecular weight excluding hydrogens is 310 g/mol. The van der Waals surface area contributed by atoms with E-state index in [-0.39, 0.29) is 17.2 Å². The second-order valence-electron chi connectivity index (χ2n) is 5.59. The van der Waals surface area contributed by atoms with Crippen LogP contribution in [-0.2, 0) is 0 Å². The Bertz CT molecular complexity index is 756. The van der Waals surface area contributed by atoms with Crippen LogP contribution >= 0.6 is 0 Å². The zero-order chi connectivity index (χ0) is 16.9. The summed E-state index contributed by atoms with van der Waals surface area (Å²) >= 11 is 0. The smallest absolute Gasteiger partial charge is 0.277 e. The number of non-ortho nitro benzene ring substituents is 1. The van der Waals surface area contributed by atoms with Gasteiger partial charge in [-0.25, -0.2) is 0 Å². The summed E-state index contributed by atoms with van der Waals surface area (Å²) in [5.41, 5.74) is 0.691. The minimum atomic E-state index is -0.385. The van der Waals surface area contributed by atoms with Crippen LogP contribution in [0.5, 0.6) is 0 Å². The van der Waals surface area contributed by atoms with Crippen molar-refractivity contribution in [1.82, 2.24) is 14.9 Å². The lowest BCUT2D eigenvalue weighted by molar-refractivity contribution is -0.383. The molecule has 0 radical (unpaired) electrons. The van der Waals surface area contributed by atoms with Gasteiger partial charge in [-0.2, -0.15) is 5.10 Å². The fourth-order valence-corrected chi connectivity index (χ4v) is 2.83. The molecule has 0 atom stereocenters. The molecule has 8 heteroatoms. The van der Waals surface area contributed by atoms with Crippen LogP contribution in [0, 0.1) is 10.1 Å². The average molecular weight is 329 g/mol. The highest BCUT2D eigenvalue weighted by atomic mass is 16.6. The monoisotopic (exact) mass is 329 g/mol. The normalized spacial score (nSPS) is 16.1. The van der Waals surface area contributed by atoms with Crippen LogP contribution in [0.3, 0.4) is 0 Å². The number of aliphatic hydroxyl groups excluding tert-OH is 1. The van der Waals surface area contributed by atoms with Crippen molar-refractivity contribution in [3.8, 4) is 0 Å². The van der Waals surface area contributed by atoms with Gasteiger partial charge in [0.05, 0.1) is 28.8 Å². The van der Waals surface area contributed by atoms with Crippen LogP contribution in [0.2, 0.25) is 0 Å². The van der Waals surface area contributed by atoms with Crippen LogP contribution in [0.1, 0.15) is 5.69 Å². The summed E-state index contributed by atoms with van der Waals surface area (Å²) in [6.45, 7) is 4.12. The van der Waals surface area contributed by atoms with Gasteiger partial charge >= 0.3 is 0 Å². The van der Waals surface area contributed by atoms with E-state index in [1.807, 2.05) is 11.1 Å². The van der Waals surface area contributed by atoms with Crippen molar-refractivity contribution in [2.75, 3.05) is 39.3 Å². The molecule has 1 aliphatic rings. The number of aliphatic hydroxyl groups is 1. The van der Waals surface area contributed by atoms with Gasteiger partial charge in [0, 0.05) is 50.4 Å². The molecule has 1 fully saturated rings. The maximum absolute atomic E-state index is 11.1. The number of fused-ring (bicyclic) bond motifs is 1. The fourth-order valence-electron chi connectivity index (χ4n) is 2.83. The van der Waals surface area contributed by atoms with Gasteiger partial charge in [-0.15, -0.1) is 0 Å². The van der Waals surface area contributed by atoms with Gasteiger partial charge in [-0.1, -0.05) is 12.1 Å². The number of nitro benzene ring substituents is 1. The lowest BCUT2D eigenvalue weighted by atomic mass is 10.1. The molecule has 0 aliphatic carbocycles. The quantitative estimate of drug-likeness (QED) is 0.501. The zero-order valence-electron chi connectivity index (χ0n) is 13.2. The molecule has 0 amide bonds. The summed E-state index contributed by atoms with van der Waals surface area (Å²) in [6.07, 6.45) is 3.23. The van der Waals surface area contributed by atoms with E-state index in [1.165, 1.54) is 6.07 Å². The first-order valence-corrected chi connectivity index (χ1v) is 7.83. The van der Waals surface area contributed by atoms with E-state index < -0.39 is 0 Å². The lowest BCUT2D eigenvalue weighted by Gasteiger charge is -2.32. The molecule has 1 N–H and O–H groups in total. The first-order valence-electron chi connectivity index (χ1n) is 7.83. The molecule has 0 unspecified atom stereocenters. The number of hydrogen-bond donors (Lipinski definition) is 1. The van der Waals surface area contributed by atoms with Crippen molar-refractivity contribution in [3.05, 3.63) is 46.3 Å². The van der Waals surface area contributed by atoms with Gasteiger partial charge in [0.2, 0.25) is 0 Å². The van der Waals surface area contributed by atoms with Crippen molar-refractivity contribution in [2.45, 2.75) is 0 Å². The van der Waals surface area contributed by atoms with Crippen LogP contribution in [0.15, 0.2) is 35.6 Å². The number of pyridine rings is 1. The second kappa shape index (κ2) is 7.33. The molecule has 0 saturated carbocycles. The van der Waals surface area contributed by atoms with E-state index >= 15 is 0 Å². The molecule has 0 spiro atoms. The number of hydrogen-bond acceptors (Lipinski definition) is 7. The molecule has 0 bridgehead atoms. The Morgan fingerprint density at radius 2 is 2.04 bits per heavy atom. The number of benzene rings is 1. The standard InChI is InChI=1S/C16H19N5O3/c22-11-10-19-6-8-20(9-7-19)18-12-15-13-2-1-3-16(21(23)24)14(13)4-5-17-15/h1-5,12,22H,6-11H2/b18-12+. The van der Waals surface area contributed by atoms with Gasteiger partial charge in [-0.05, 0) is 6.07 Å². The van der Waals surface area contributed by atoms with Crippen molar-refractivity contribution < 1.29 is 10.0 Å². The molecule has 1 aromatic heterocycles. The number of piperazine rings is 1. The number of rotatable bonds is 5. The predicted molar refractivity (Wildman–Crippen MR) is 91.1 cm³/mol. The SMILES string of the molecule is O=[N+]([O-])c1cccc2c(/C=N/N3CCN(CCO)CC3)nccc12. The Balaban J connectivity index is 1.78. The molecule has 8 nitrogen and oxygen atoms in total. The average Bonchev–Trinajstić information content (AvgIpc) is 2.60. The van der Waals surface area contributed by atoms with Gasteiger partial charge in [0.1, 0.15) is 0 Å². The van der Waals surface area contributed by atoms with Crippen LogP contribution in [0.4, 0.5) is 5.69 Å². The van der Waals surface area contributed by atoms with E-state index in [1.54, 1.807) is 24.5 Å². The zero-order valence-corrected chi connectivity index (χ0v) is 13.2. The Labute approximate surface area is 139 Å². The van der Waals surface area contributed by atoms with E-state index in [9.17, 15) is 10.1 Å². The molecule has 1 aromatic carbocycles. The highest BCUT2D eigenvalue weighted by Gasteiger charge is 2.15. The van der Waals surface area contributed by atoms with E-state index in [4.69, 9.17) is 5.11 Å². The summed E-state index contributed by atoms with van der Waals surface area (Å²) in [6, 6.07) is 6.62. The summed E-state index contributed by atoms with van der Waals surface area (Å²) in [5, 5.41) is 27.8. The van der Waals surface area contributed by atoms with Crippen LogP contribution < -0.4 is 0 Å². The van der Waals surface area contributed by atoms with Crippen molar-refractivity contribution >= 4 is 22.7 Å². The Kier molecular flexibility index (Phi) is 4.97. The second-order valence-corrected chi connectivity index (χ2v) is 5.59. The third-order valence-electron chi connectivity index (χ3n) is 4.12. The van der Waals surface area contributed by atoms with Crippen LogP contribution in [0.25, 0.3) is 10.8 Å². The number of β-amino-alcohol motifs (C(OH)–C–C–N with tert-alkyl or cyclic N) is 1. The topological polar surface area (TPSA) is 95.1 Å². The first-order chi connectivity index (χ1) is 11.7. The molecule has 1 aliphatic heterocycles. The molecule has 126 valence electrons. The molecule has 24 heavy (non-hydrogen) atoms. The maximum atomic E-state index is 11.1. The third kappa shape index (κ3) is 3.50. The van der Waals surface area contributed by atoms with Crippen LogP contribution in [-0.4, -0.2) is 70.5 Å². The Morgan fingerprint density at radius 3 is 2.75 bits per heavy atom. The van der Waals surface area contributed by atoms with Crippen molar-refractivity contribution in [2.24, 2.45) is 5.10 Å². The van der Waals surface area contributed by atoms with E-state index in [0.29, 0.717) is 17.6 Å². The number of aromatic nitrogens is 1. The minimum absolute atomic E-state index is 0.0715. The van der Waals surface area contributed by atoms with Crippen molar-refractivity contribution in [3.63, 3.8) is 0 Å². The largest absolute Gasteiger partial charge is 0.395 e. The number of hydrazone groups is 1. The number of nitro groups is 1. The van der Waals surface area contributed by atoms with Crippen molar-refractivity contribution in [1.29, 1.82) is 0 Å². The maximum Gasteiger partial charge on any atom is 0.277 e. The van der Waals surface area contributed by atoms with Gasteiger partial charge < -0.3 is 5.11 Å². The van der Waals surface area contributed by atoms with Gasteiger partial charge in [0.15, 0.2) is 0 Å². The minimum Gasteiger partial charge on any atom is -0.395 e. The summed E-state index contributed by atoms with van der Waals surface area (Å²) in [7, 11) is 0. The fraction of sp³-hybridized carbons (Fsp3) is 0.375. The Morgan fingerprint density at radius 1 is 1.25 bits per heavy atom. The van der Waals surface area contributed by atoms with E-state index in [0.717, 1.165) is 31.6 Å².